The maximum absolute atomic E-state index is 11.2. The molecule has 0 aliphatic heterocycles. The van der Waals surface area contributed by atoms with Gasteiger partial charge in [-0.1, -0.05) is 30.3 Å². The Kier molecular flexibility index (Phi) is 9.14. The van der Waals surface area contributed by atoms with Crippen LogP contribution in [0, 0.1) is 0 Å². The lowest BCUT2D eigenvalue weighted by Gasteiger charge is -2.07. The van der Waals surface area contributed by atoms with E-state index in [1.54, 1.807) is 0 Å². The highest BCUT2D eigenvalue weighted by atomic mass is 16.5. The van der Waals surface area contributed by atoms with Crippen LogP contribution < -0.4 is 0 Å². The maximum atomic E-state index is 11.2. The first kappa shape index (κ1) is 17.2. The lowest BCUT2D eigenvalue weighted by atomic mass is 10.1. The second-order valence-electron chi connectivity index (χ2n) is 4.40. The Morgan fingerprint density at radius 3 is 2.21 bits per heavy atom. The number of carboxylic acid groups (broad SMARTS) is 1. The van der Waals surface area contributed by atoms with Crippen molar-refractivity contribution in [1.29, 1.82) is 0 Å². The molecule has 0 spiro atoms. The fourth-order valence-electron chi connectivity index (χ4n) is 1.40. The molecule has 106 valence electrons. The topological polar surface area (TPSA) is 63.6 Å². The molecule has 0 saturated carbocycles. The molecule has 0 bridgehead atoms. The number of esters is 1. The Bertz CT molecular complexity index is 367. The number of ether oxygens (including phenoxy) is 1. The molecule has 0 saturated heterocycles. The fourth-order valence-corrected chi connectivity index (χ4v) is 1.40. The number of hydrogen-bond donors (Lipinski definition) is 1. The van der Waals surface area contributed by atoms with Gasteiger partial charge in [-0.25, -0.2) is 0 Å². The van der Waals surface area contributed by atoms with Gasteiger partial charge in [-0.3, -0.25) is 9.59 Å². The first-order chi connectivity index (χ1) is 8.91. The van der Waals surface area contributed by atoms with Crippen molar-refractivity contribution in [1.82, 2.24) is 0 Å². The second-order valence-corrected chi connectivity index (χ2v) is 4.40. The fraction of sp³-hybridized carbons (Fsp3) is 0.467. The van der Waals surface area contributed by atoms with Crippen LogP contribution >= 0.6 is 0 Å². The number of hydrogen-bond acceptors (Lipinski definition) is 3. The molecule has 0 atom stereocenters. The van der Waals surface area contributed by atoms with E-state index in [9.17, 15) is 4.79 Å². The molecule has 1 rings (SSSR count). The summed E-state index contributed by atoms with van der Waals surface area (Å²) in [6.07, 6.45) is 2.30. The van der Waals surface area contributed by atoms with Crippen LogP contribution in [-0.4, -0.2) is 23.1 Å². The summed E-state index contributed by atoms with van der Waals surface area (Å²) in [5.74, 6) is -0.930. The van der Waals surface area contributed by atoms with Crippen LogP contribution in [0.3, 0.4) is 0 Å². The molecule has 0 unspecified atom stereocenters. The van der Waals surface area contributed by atoms with Gasteiger partial charge in [0.1, 0.15) is 0 Å². The summed E-state index contributed by atoms with van der Waals surface area (Å²) < 4.78 is 5.05. The summed E-state index contributed by atoms with van der Waals surface area (Å²) in [7, 11) is 0. The van der Waals surface area contributed by atoms with E-state index in [1.807, 2.05) is 32.0 Å². The molecule has 0 aromatic heterocycles. The zero-order valence-corrected chi connectivity index (χ0v) is 11.8. The van der Waals surface area contributed by atoms with Gasteiger partial charge in [-0.05, 0) is 32.3 Å². The molecule has 1 N–H and O–H groups in total. The van der Waals surface area contributed by atoms with E-state index in [2.05, 4.69) is 12.1 Å². The lowest BCUT2D eigenvalue weighted by molar-refractivity contribution is -0.147. The van der Waals surface area contributed by atoms with Crippen LogP contribution in [0.2, 0.25) is 0 Å². The van der Waals surface area contributed by atoms with Gasteiger partial charge in [0.2, 0.25) is 0 Å². The zero-order chi connectivity index (χ0) is 14.7. The predicted octanol–water partition coefficient (Wildman–Crippen LogP) is 3.05. The normalized spacial score (nSPS) is 9.47. The molecule has 0 heterocycles. The van der Waals surface area contributed by atoms with Crippen molar-refractivity contribution in [2.24, 2.45) is 0 Å². The largest absolute Gasteiger partial charge is 0.481 e. The monoisotopic (exact) mass is 266 g/mol. The van der Waals surface area contributed by atoms with E-state index in [1.165, 1.54) is 5.56 Å². The van der Waals surface area contributed by atoms with Gasteiger partial charge in [0.15, 0.2) is 0 Å². The molecular weight excluding hydrogens is 244 g/mol. The first-order valence-electron chi connectivity index (χ1n) is 6.34. The zero-order valence-electron chi connectivity index (χ0n) is 11.8. The number of carbonyl (C=O) groups excluding carboxylic acids is 1. The lowest BCUT2D eigenvalue weighted by Crippen LogP contribution is -2.11. The van der Waals surface area contributed by atoms with E-state index >= 15 is 0 Å². The highest BCUT2D eigenvalue weighted by molar-refractivity contribution is 5.69. The number of benzene rings is 1. The minimum atomic E-state index is -0.833. The van der Waals surface area contributed by atoms with E-state index in [4.69, 9.17) is 14.6 Å². The molecule has 0 aliphatic carbocycles. The summed E-state index contributed by atoms with van der Waals surface area (Å²) in [6, 6.07) is 10.2. The van der Waals surface area contributed by atoms with Gasteiger partial charge in [0.05, 0.1) is 6.10 Å². The van der Waals surface area contributed by atoms with E-state index < -0.39 is 5.97 Å². The average molecular weight is 266 g/mol. The van der Waals surface area contributed by atoms with Crippen molar-refractivity contribution in [2.75, 3.05) is 0 Å². The van der Waals surface area contributed by atoms with Crippen molar-refractivity contribution < 1.29 is 19.4 Å². The third-order valence-corrected chi connectivity index (χ3v) is 2.06. The predicted molar refractivity (Wildman–Crippen MR) is 73.9 cm³/mol. The van der Waals surface area contributed by atoms with Gasteiger partial charge in [0, 0.05) is 13.3 Å². The molecule has 1 aromatic rings. The van der Waals surface area contributed by atoms with Crippen LogP contribution in [0.1, 0.15) is 39.2 Å². The molecule has 19 heavy (non-hydrogen) atoms. The Balaban J connectivity index is 0.000000711. The summed E-state index contributed by atoms with van der Waals surface area (Å²) in [5, 5.41) is 7.42. The van der Waals surface area contributed by atoms with E-state index in [0.717, 1.165) is 19.8 Å². The van der Waals surface area contributed by atoms with Gasteiger partial charge in [-0.15, -0.1) is 0 Å². The van der Waals surface area contributed by atoms with E-state index in [-0.39, 0.29) is 12.1 Å². The minimum Gasteiger partial charge on any atom is -0.481 e. The SMILES string of the molecule is CC(=O)O.CC(C)OC(=O)CCCc1ccccc1. The van der Waals surface area contributed by atoms with Crippen LogP contribution in [0.25, 0.3) is 0 Å². The Morgan fingerprint density at radius 2 is 1.74 bits per heavy atom. The van der Waals surface area contributed by atoms with Crippen LogP contribution in [0.4, 0.5) is 0 Å². The van der Waals surface area contributed by atoms with Crippen molar-refractivity contribution in [3.8, 4) is 0 Å². The third kappa shape index (κ3) is 12.4. The minimum absolute atomic E-state index is 0.00535. The van der Waals surface area contributed by atoms with Crippen molar-refractivity contribution in [3.05, 3.63) is 35.9 Å². The van der Waals surface area contributed by atoms with Crippen molar-refractivity contribution in [2.45, 2.75) is 46.1 Å². The first-order valence-corrected chi connectivity index (χ1v) is 6.34. The maximum Gasteiger partial charge on any atom is 0.306 e. The van der Waals surface area contributed by atoms with Crippen LogP contribution in [0.15, 0.2) is 30.3 Å². The Morgan fingerprint density at radius 1 is 1.21 bits per heavy atom. The van der Waals surface area contributed by atoms with Gasteiger partial charge < -0.3 is 9.84 Å². The molecule has 4 nitrogen and oxygen atoms in total. The Hall–Kier alpha value is -1.84. The Labute approximate surface area is 114 Å². The number of rotatable bonds is 5. The van der Waals surface area contributed by atoms with Crippen LogP contribution in [-0.2, 0) is 20.7 Å². The molecule has 0 radical (unpaired) electrons. The number of aliphatic carboxylic acids is 1. The quantitative estimate of drug-likeness (QED) is 0.832. The smallest absolute Gasteiger partial charge is 0.306 e. The molecular formula is C15H22O4. The summed E-state index contributed by atoms with van der Waals surface area (Å²) in [6.45, 7) is 4.82. The molecule has 0 amide bonds. The number of carbonyl (C=O) groups is 2. The number of aryl methyl sites for hydroxylation is 1. The second kappa shape index (κ2) is 10.1. The highest BCUT2D eigenvalue weighted by Crippen LogP contribution is 2.05. The number of carboxylic acids is 1. The average Bonchev–Trinajstić information content (AvgIpc) is 2.28. The van der Waals surface area contributed by atoms with Crippen LogP contribution in [0.5, 0.6) is 0 Å². The molecule has 1 aromatic carbocycles. The van der Waals surface area contributed by atoms with Crippen molar-refractivity contribution in [3.63, 3.8) is 0 Å². The summed E-state index contributed by atoms with van der Waals surface area (Å²) in [5.41, 5.74) is 1.27. The third-order valence-electron chi connectivity index (χ3n) is 2.06. The molecule has 0 aliphatic rings. The van der Waals surface area contributed by atoms with Gasteiger partial charge in [0.25, 0.3) is 5.97 Å². The summed E-state index contributed by atoms with van der Waals surface area (Å²) >= 11 is 0. The molecule has 0 fully saturated rings. The molecule has 4 heteroatoms. The standard InChI is InChI=1S/C13H18O2.C2H4O2/c1-11(2)15-13(14)10-6-9-12-7-4-3-5-8-12;1-2(3)4/h3-5,7-8,11H,6,9-10H2,1-2H3;1H3,(H,3,4). The van der Waals surface area contributed by atoms with Gasteiger partial charge >= 0.3 is 5.97 Å². The van der Waals surface area contributed by atoms with E-state index in [0.29, 0.717) is 6.42 Å². The van der Waals surface area contributed by atoms with Gasteiger partial charge in [-0.2, -0.15) is 0 Å². The highest BCUT2D eigenvalue weighted by Gasteiger charge is 2.04. The van der Waals surface area contributed by atoms with Crippen molar-refractivity contribution >= 4 is 11.9 Å². The summed E-state index contributed by atoms with van der Waals surface area (Å²) in [4.78, 5) is 20.2.